The highest BCUT2D eigenvalue weighted by atomic mass is 35.5. The lowest BCUT2D eigenvalue weighted by Crippen LogP contribution is -2.59. The molecule has 41 heavy (non-hydrogen) atoms. The van der Waals surface area contributed by atoms with E-state index >= 15 is 0 Å². The minimum absolute atomic E-state index is 0.0406. The van der Waals surface area contributed by atoms with Gasteiger partial charge in [-0.2, -0.15) is 0 Å². The fraction of sp³-hybridized carbons (Fsp3) is 0.345. The van der Waals surface area contributed by atoms with Crippen LogP contribution in [0.25, 0.3) is 0 Å². The number of sulfonamides is 1. The molecule has 2 aliphatic rings. The third-order valence-electron chi connectivity index (χ3n) is 7.51. The van der Waals surface area contributed by atoms with Crippen LogP contribution in [0.5, 0.6) is 0 Å². The molecule has 0 spiro atoms. The number of pyridine rings is 1. The van der Waals surface area contributed by atoms with Crippen molar-refractivity contribution in [3.8, 4) is 0 Å². The zero-order valence-corrected chi connectivity index (χ0v) is 24.6. The van der Waals surface area contributed by atoms with Gasteiger partial charge in [-0.1, -0.05) is 66.4 Å². The van der Waals surface area contributed by atoms with Gasteiger partial charge >= 0.3 is 0 Å². The average molecular weight is 618 g/mol. The van der Waals surface area contributed by atoms with Crippen LogP contribution < -0.4 is 10.2 Å². The average Bonchev–Trinajstić information content (AvgIpc) is 2.93. The first-order chi connectivity index (χ1) is 19.6. The van der Waals surface area contributed by atoms with Crippen molar-refractivity contribution >= 4 is 45.0 Å². The van der Waals surface area contributed by atoms with E-state index in [0.29, 0.717) is 40.2 Å². The summed E-state index contributed by atoms with van der Waals surface area (Å²) < 4.78 is 27.4. The maximum Gasteiger partial charge on any atom is 0.255 e. The number of hydrogen-bond donors (Lipinski definition) is 2. The monoisotopic (exact) mass is 616 g/mol. The van der Waals surface area contributed by atoms with Gasteiger partial charge in [-0.05, 0) is 54.3 Å². The Morgan fingerprint density at radius 2 is 1.80 bits per heavy atom. The molecule has 4 atom stereocenters. The Hall–Kier alpha value is -3.02. The highest BCUT2D eigenvalue weighted by molar-refractivity contribution is 7.88. The van der Waals surface area contributed by atoms with Crippen LogP contribution in [-0.2, 0) is 26.3 Å². The maximum absolute atomic E-state index is 14.3. The Morgan fingerprint density at radius 1 is 1.05 bits per heavy atom. The summed E-state index contributed by atoms with van der Waals surface area (Å²) in [7, 11) is -3.57. The van der Waals surface area contributed by atoms with Crippen molar-refractivity contribution in [2.75, 3.05) is 6.26 Å². The number of halogens is 2. The second-order valence-electron chi connectivity index (χ2n) is 10.3. The molecule has 216 valence electrons. The van der Waals surface area contributed by atoms with E-state index in [0.717, 1.165) is 19.1 Å². The van der Waals surface area contributed by atoms with Crippen molar-refractivity contribution in [2.24, 2.45) is 0 Å². The Kier molecular flexibility index (Phi) is 8.96. The van der Waals surface area contributed by atoms with Gasteiger partial charge in [-0.3, -0.25) is 19.4 Å². The number of amides is 2. The molecule has 9 nitrogen and oxygen atoms in total. The number of carbonyl (C=O) groups is 2. The van der Waals surface area contributed by atoms with E-state index in [9.17, 15) is 18.0 Å². The molecule has 0 radical (unpaired) electrons. The topological polar surface area (TPSA) is 118 Å². The smallest absolute Gasteiger partial charge is 0.255 e. The van der Waals surface area contributed by atoms with Gasteiger partial charge in [0.1, 0.15) is 6.61 Å². The lowest BCUT2D eigenvalue weighted by molar-refractivity contribution is -0.138. The number of rotatable bonds is 8. The number of nitrogens with zero attached hydrogens (tertiary/aromatic N) is 2. The van der Waals surface area contributed by atoms with E-state index in [-0.39, 0.29) is 17.5 Å². The Bertz CT molecular complexity index is 1540. The normalized spacial score (nSPS) is 22.7. The van der Waals surface area contributed by atoms with Gasteiger partial charge in [0.2, 0.25) is 10.0 Å². The van der Waals surface area contributed by atoms with Gasteiger partial charge in [0.15, 0.2) is 0 Å². The van der Waals surface area contributed by atoms with E-state index in [2.05, 4.69) is 15.2 Å². The molecule has 2 heterocycles. The second kappa shape index (κ2) is 12.5. The maximum atomic E-state index is 14.3. The summed E-state index contributed by atoms with van der Waals surface area (Å²) in [6.07, 6.45) is 5.44. The van der Waals surface area contributed by atoms with Gasteiger partial charge < -0.3 is 4.90 Å². The summed E-state index contributed by atoms with van der Waals surface area (Å²) in [5.74, 6) is -1.71. The summed E-state index contributed by atoms with van der Waals surface area (Å²) in [5, 5.41) is 0.692. The van der Waals surface area contributed by atoms with Crippen LogP contribution in [0.2, 0.25) is 10.0 Å². The van der Waals surface area contributed by atoms with Crippen molar-refractivity contribution in [3.63, 3.8) is 0 Å². The van der Waals surface area contributed by atoms with Gasteiger partial charge in [0.05, 0.1) is 23.9 Å². The van der Waals surface area contributed by atoms with Crippen LogP contribution in [0.15, 0.2) is 66.9 Å². The van der Waals surface area contributed by atoms with Gasteiger partial charge in [-0.25, -0.2) is 18.6 Å². The summed E-state index contributed by atoms with van der Waals surface area (Å²) >= 11 is 13.0. The number of nitrogens with one attached hydrogen (secondary N) is 2. The number of hydroxylamine groups is 1. The highest BCUT2D eigenvalue weighted by Crippen LogP contribution is 2.47. The standard InChI is InChI=1S/C29H30Cl2N4O5S/c1-41(38,39)34-24-11-4-5-12-25(24)35-27(22-14-13-18(30)16-23(22)31)26(20-9-2-3-10-21(20)29(35)37)28(36)33-40-17-19-8-6-7-15-32-19/h2-3,6-10,13-16,24-27,34H,4-5,11-12,17H2,1H3,(H,33,36)/t24-,25-,26+,27-/m0/s1. The van der Waals surface area contributed by atoms with Crippen molar-refractivity contribution in [1.82, 2.24) is 20.1 Å². The third-order valence-corrected chi connectivity index (χ3v) is 8.80. The first kappa shape index (κ1) is 29.5. The lowest BCUT2D eigenvalue weighted by Gasteiger charge is -2.49. The zero-order chi connectivity index (χ0) is 29.1. The molecule has 3 aromatic rings. The lowest BCUT2D eigenvalue weighted by atomic mass is 9.76. The summed E-state index contributed by atoms with van der Waals surface area (Å²) in [4.78, 5) is 39.7. The van der Waals surface area contributed by atoms with Crippen LogP contribution in [-0.4, -0.2) is 48.5 Å². The molecule has 0 saturated heterocycles. The predicted molar refractivity (Wildman–Crippen MR) is 156 cm³/mol. The van der Waals surface area contributed by atoms with Gasteiger partial charge in [-0.15, -0.1) is 0 Å². The predicted octanol–water partition coefficient (Wildman–Crippen LogP) is 4.78. The zero-order valence-electron chi connectivity index (χ0n) is 22.3. The molecule has 2 N–H and O–H groups in total. The second-order valence-corrected chi connectivity index (χ2v) is 12.9. The molecule has 5 rings (SSSR count). The first-order valence-corrected chi connectivity index (χ1v) is 15.9. The Balaban J connectivity index is 1.60. The summed E-state index contributed by atoms with van der Waals surface area (Å²) in [5.41, 5.74) is 4.59. The fourth-order valence-electron chi connectivity index (χ4n) is 5.86. The number of carbonyl (C=O) groups excluding carboxylic acids is 2. The summed E-state index contributed by atoms with van der Waals surface area (Å²) in [6, 6.07) is 15.3. The van der Waals surface area contributed by atoms with Crippen LogP contribution in [0.4, 0.5) is 0 Å². The molecule has 2 aromatic carbocycles. The van der Waals surface area contributed by atoms with Crippen molar-refractivity contribution < 1.29 is 22.8 Å². The first-order valence-electron chi connectivity index (χ1n) is 13.3. The number of benzene rings is 2. The minimum Gasteiger partial charge on any atom is -0.326 e. The van der Waals surface area contributed by atoms with E-state index in [1.807, 2.05) is 6.07 Å². The van der Waals surface area contributed by atoms with E-state index in [1.54, 1.807) is 65.7 Å². The molecule has 12 heteroatoms. The highest BCUT2D eigenvalue weighted by Gasteiger charge is 2.49. The van der Waals surface area contributed by atoms with Crippen molar-refractivity contribution in [3.05, 3.63) is 99.3 Å². The van der Waals surface area contributed by atoms with Crippen molar-refractivity contribution in [1.29, 1.82) is 0 Å². The Morgan fingerprint density at radius 3 is 2.54 bits per heavy atom. The molecule has 0 bridgehead atoms. The molecule has 1 fully saturated rings. The molecule has 0 unspecified atom stereocenters. The van der Waals surface area contributed by atoms with Gasteiger partial charge in [0.25, 0.3) is 11.8 Å². The molecule has 1 aliphatic heterocycles. The third kappa shape index (κ3) is 6.57. The summed E-state index contributed by atoms with van der Waals surface area (Å²) in [6.45, 7) is 0.0406. The largest absolute Gasteiger partial charge is 0.326 e. The SMILES string of the molecule is CS(=O)(=O)N[C@H]1CCCC[C@@H]1N1C(=O)c2ccccc2[C@@H](C(=O)NOCc2ccccn2)[C@@H]1c1ccc(Cl)cc1Cl. The van der Waals surface area contributed by atoms with Crippen LogP contribution in [0.3, 0.4) is 0 Å². The van der Waals surface area contributed by atoms with Crippen LogP contribution >= 0.6 is 23.2 Å². The molecule has 2 amide bonds. The molecule has 1 aromatic heterocycles. The number of hydrogen-bond acceptors (Lipinski definition) is 6. The van der Waals surface area contributed by atoms with E-state index in [1.165, 1.54) is 0 Å². The number of fused-ring (bicyclic) bond motifs is 1. The van der Waals surface area contributed by atoms with Crippen LogP contribution in [0, 0.1) is 0 Å². The number of aromatic nitrogens is 1. The minimum atomic E-state index is -3.57. The fourth-order valence-corrected chi connectivity index (χ4v) is 7.20. The van der Waals surface area contributed by atoms with E-state index < -0.39 is 40.0 Å². The van der Waals surface area contributed by atoms with Crippen molar-refractivity contribution in [2.45, 2.75) is 56.3 Å². The molecular formula is C29H30Cl2N4O5S. The van der Waals surface area contributed by atoms with E-state index in [4.69, 9.17) is 28.0 Å². The van der Waals surface area contributed by atoms with Gasteiger partial charge in [0, 0.05) is 33.9 Å². The quantitative estimate of drug-likeness (QED) is 0.352. The Labute approximate surface area is 249 Å². The molecular weight excluding hydrogens is 587 g/mol. The molecule has 1 saturated carbocycles. The molecule has 1 aliphatic carbocycles. The van der Waals surface area contributed by atoms with Crippen LogP contribution in [0.1, 0.15) is 64.8 Å².